The van der Waals surface area contributed by atoms with Gasteiger partial charge in [-0.1, -0.05) is 0 Å². The second-order valence-electron chi connectivity index (χ2n) is 4.40. The van der Waals surface area contributed by atoms with Gasteiger partial charge in [0.1, 0.15) is 5.78 Å². The highest BCUT2D eigenvalue weighted by molar-refractivity contribution is 7.89. The first-order valence-electron chi connectivity index (χ1n) is 5.61. The molecule has 0 radical (unpaired) electrons. The molecule has 1 heterocycles. The van der Waals surface area contributed by atoms with Crippen LogP contribution >= 0.6 is 0 Å². The van der Waals surface area contributed by atoms with Gasteiger partial charge in [-0.2, -0.15) is 4.31 Å². The highest BCUT2D eigenvalue weighted by Gasteiger charge is 2.34. The lowest BCUT2D eigenvalue weighted by Gasteiger charge is -2.35. The Morgan fingerprint density at radius 2 is 1.80 bits per heavy atom. The fourth-order valence-corrected chi connectivity index (χ4v) is 4.31. The largest absolute Gasteiger partial charge is 0.300 e. The zero-order valence-corrected chi connectivity index (χ0v) is 9.63. The fraction of sp³-hybridized carbons (Fsp3) is 0.900. The van der Waals surface area contributed by atoms with E-state index < -0.39 is 10.0 Å². The summed E-state index contributed by atoms with van der Waals surface area (Å²) in [6.07, 6.45) is 4.29. The third-order valence-corrected chi connectivity index (χ3v) is 5.31. The van der Waals surface area contributed by atoms with Crippen LogP contribution in [0.1, 0.15) is 38.5 Å². The first kappa shape index (κ1) is 11.1. The lowest BCUT2D eigenvalue weighted by molar-refractivity contribution is -0.121. The van der Waals surface area contributed by atoms with Crippen molar-refractivity contribution in [2.75, 3.05) is 12.3 Å². The van der Waals surface area contributed by atoms with Gasteiger partial charge in [-0.05, 0) is 25.7 Å². The lowest BCUT2D eigenvalue weighted by Crippen LogP contribution is -2.46. The molecule has 1 aliphatic carbocycles. The molecular weight excluding hydrogens is 214 g/mol. The van der Waals surface area contributed by atoms with Crippen LogP contribution in [0, 0.1) is 0 Å². The van der Waals surface area contributed by atoms with Crippen molar-refractivity contribution in [3.05, 3.63) is 0 Å². The lowest BCUT2D eigenvalue weighted by atomic mass is 9.94. The smallest absolute Gasteiger partial charge is 0.214 e. The molecule has 0 atom stereocenters. The zero-order valence-electron chi connectivity index (χ0n) is 8.81. The summed E-state index contributed by atoms with van der Waals surface area (Å²) in [6, 6.07) is 0.0907. The summed E-state index contributed by atoms with van der Waals surface area (Å²) >= 11 is 0. The van der Waals surface area contributed by atoms with E-state index in [1.54, 1.807) is 4.31 Å². The number of ketones is 1. The minimum atomic E-state index is -3.02. The number of sulfonamides is 1. The van der Waals surface area contributed by atoms with Gasteiger partial charge in [-0.25, -0.2) is 8.42 Å². The van der Waals surface area contributed by atoms with E-state index in [-0.39, 0.29) is 17.6 Å². The normalized spacial score (nSPS) is 29.2. The van der Waals surface area contributed by atoms with E-state index in [4.69, 9.17) is 0 Å². The average Bonchev–Trinajstić information content (AvgIpc) is 2.19. The van der Waals surface area contributed by atoms with E-state index in [0.29, 0.717) is 19.4 Å². The maximum Gasteiger partial charge on any atom is 0.214 e. The Kier molecular flexibility index (Phi) is 3.11. The van der Waals surface area contributed by atoms with Crippen LogP contribution in [0.4, 0.5) is 0 Å². The number of Topliss-reactive ketones (excluding diaryl/α,β-unsaturated/α-hetero) is 1. The summed E-state index contributed by atoms with van der Waals surface area (Å²) in [5.41, 5.74) is 0. The molecule has 0 aromatic rings. The highest BCUT2D eigenvalue weighted by Crippen LogP contribution is 2.26. The fourth-order valence-electron chi connectivity index (χ4n) is 2.43. The Morgan fingerprint density at radius 1 is 1.13 bits per heavy atom. The third kappa shape index (κ3) is 2.39. The summed E-state index contributed by atoms with van der Waals surface area (Å²) in [7, 11) is -3.02. The summed E-state index contributed by atoms with van der Waals surface area (Å²) in [4.78, 5) is 11.1. The van der Waals surface area contributed by atoms with E-state index in [1.165, 1.54) is 0 Å². The molecule has 0 N–H and O–H groups in total. The Bertz CT molecular complexity index is 340. The van der Waals surface area contributed by atoms with Crippen molar-refractivity contribution >= 4 is 15.8 Å². The van der Waals surface area contributed by atoms with Crippen LogP contribution < -0.4 is 0 Å². The second kappa shape index (κ2) is 4.22. The molecule has 2 fully saturated rings. The predicted octanol–water partition coefficient (Wildman–Crippen LogP) is 0.924. The van der Waals surface area contributed by atoms with Gasteiger partial charge in [0, 0.05) is 25.4 Å². The molecule has 86 valence electrons. The van der Waals surface area contributed by atoms with Gasteiger partial charge in [0.05, 0.1) is 5.75 Å². The Labute approximate surface area is 90.7 Å². The zero-order chi connectivity index (χ0) is 10.9. The van der Waals surface area contributed by atoms with Crippen LogP contribution in [-0.4, -0.2) is 36.8 Å². The number of carbonyl (C=O) groups is 1. The molecular formula is C10H17NO3S. The van der Waals surface area contributed by atoms with Gasteiger partial charge in [-0.3, -0.25) is 4.79 Å². The molecule has 2 aliphatic rings. The van der Waals surface area contributed by atoms with E-state index in [2.05, 4.69) is 0 Å². The molecule has 0 spiro atoms. The molecule has 0 aromatic heterocycles. The Balaban J connectivity index is 2.06. The van der Waals surface area contributed by atoms with E-state index >= 15 is 0 Å². The number of hydrogen-bond acceptors (Lipinski definition) is 3. The number of hydrogen-bond donors (Lipinski definition) is 0. The van der Waals surface area contributed by atoms with Crippen LogP contribution in [0.2, 0.25) is 0 Å². The van der Waals surface area contributed by atoms with Crippen molar-refractivity contribution in [3.63, 3.8) is 0 Å². The second-order valence-corrected chi connectivity index (χ2v) is 6.44. The third-order valence-electron chi connectivity index (χ3n) is 3.31. The summed E-state index contributed by atoms with van der Waals surface area (Å²) in [6.45, 7) is 0.654. The Hall–Kier alpha value is -0.420. The van der Waals surface area contributed by atoms with E-state index in [9.17, 15) is 13.2 Å². The number of rotatable bonds is 1. The van der Waals surface area contributed by atoms with E-state index in [1.807, 2.05) is 0 Å². The van der Waals surface area contributed by atoms with Crippen molar-refractivity contribution in [2.45, 2.75) is 44.6 Å². The maximum atomic E-state index is 11.8. The molecule has 4 nitrogen and oxygen atoms in total. The van der Waals surface area contributed by atoms with Gasteiger partial charge in [-0.15, -0.1) is 0 Å². The Morgan fingerprint density at radius 3 is 2.40 bits per heavy atom. The first-order valence-corrected chi connectivity index (χ1v) is 7.22. The quantitative estimate of drug-likeness (QED) is 0.674. The topological polar surface area (TPSA) is 54.5 Å². The molecule has 2 rings (SSSR count). The molecule has 0 bridgehead atoms. The van der Waals surface area contributed by atoms with Gasteiger partial charge in [0.15, 0.2) is 0 Å². The van der Waals surface area contributed by atoms with Crippen LogP contribution in [0.15, 0.2) is 0 Å². The monoisotopic (exact) mass is 231 g/mol. The minimum Gasteiger partial charge on any atom is -0.300 e. The van der Waals surface area contributed by atoms with Crippen LogP contribution in [0.5, 0.6) is 0 Å². The van der Waals surface area contributed by atoms with Crippen molar-refractivity contribution in [1.82, 2.24) is 4.31 Å². The molecule has 0 unspecified atom stereocenters. The van der Waals surface area contributed by atoms with Gasteiger partial charge >= 0.3 is 0 Å². The average molecular weight is 231 g/mol. The van der Waals surface area contributed by atoms with Crippen LogP contribution in [0.3, 0.4) is 0 Å². The first-order chi connectivity index (χ1) is 7.09. The molecule has 1 saturated carbocycles. The highest BCUT2D eigenvalue weighted by atomic mass is 32.2. The molecule has 15 heavy (non-hydrogen) atoms. The van der Waals surface area contributed by atoms with E-state index in [0.717, 1.165) is 25.7 Å². The van der Waals surface area contributed by atoms with Gasteiger partial charge in [0.25, 0.3) is 0 Å². The molecule has 1 saturated heterocycles. The maximum absolute atomic E-state index is 11.8. The van der Waals surface area contributed by atoms with Crippen molar-refractivity contribution in [2.24, 2.45) is 0 Å². The van der Waals surface area contributed by atoms with Crippen molar-refractivity contribution in [3.8, 4) is 0 Å². The summed E-state index contributed by atoms with van der Waals surface area (Å²) in [5, 5.41) is 0. The number of carbonyl (C=O) groups excluding carboxylic acids is 1. The molecule has 5 heteroatoms. The van der Waals surface area contributed by atoms with Crippen molar-refractivity contribution < 1.29 is 13.2 Å². The predicted molar refractivity (Wildman–Crippen MR) is 57.0 cm³/mol. The van der Waals surface area contributed by atoms with Gasteiger partial charge in [0.2, 0.25) is 10.0 Å². The standard InChI is InChI=1S/C10H17NO3S/c12-10-5-3-9(4-6-10)11-7-1-2-8-15(11,13)14/h9H,1-8H2. The van der Waals surface area contributed by atoms with Gasteiger partial charge < -0.3 is 0 Å². The summed E-state index contributed by atoms with van der Waals surface area (Å²) in [5.74, 6) is 0.568. The molecule has 0 aromatic carbocycles. The molecule has 1 aliphatic heterocycles. The minimum absolute atomic E-state index is 0.0907. The molecule has 0 amide bonds. The summed E-state index contributed by atoms with van der Waals surface area (Å²) < 4.78 is 25.2. The van der Waals surface area contributed by atoms with Crippen LogP contribution in [0.25, 0.3) is 0 Å². The number of nitrogens with zero attached hydrogens (tertiary/aromatic N) is 1. The SMILES string of the molecule is O=C1CCC(N2CCCCS2(=O)=O)CC1. The van der Waals surface area contributed by atoms with Crippen LogP contribution in [-0.2, 0) is 14.8 Å². The van der Waals surface area contributed by atoms with Crippen molar-refractivity contribution in [1.29, 1.82) is 0 Å².